The number of nitrogens with zero attached hydrogens (tertiary/aromatic N) is 1. The van der Waals surface area contributed by atoms with E-state index in [1.165, 1.54) is 0 Å². The molecule has 0 radical (unpaired) electrons. The van der Waals surface area contributed by atoms with Crippen LogP contribution in [0.5, 0.6) is 0 Å². The van der Waals surface area contributed by atoms with E-state index < -0.39 is 9.04 Å². The first-order valence-corrected chi connectivity index (χ1v) is 3.80. The summed E-state index contributed by atoms with van der Waals surface area (Å²) >= 11 is 0. The number of hydrogen-bond donors (Lipinski definition) is 1. The average molecular weight is 101 g/mol. The Morgan fingerprint density at radius 2 is 2.50 bits per heavy atom. The molecule has 0 spiro atoms. The van der Waals surface area contributed by atoms with Crippen molar-refractivity contribution >= 4 is 9.04 Å². The van der Waals surface area contributed by atoms with Crippen LogP contribution in [0.15, 0.2) is 0 Å². The topological polar surface area (TPSA) is 44.0 Å². The van der Waals surface area contributed by atoms with Crippen molar-refractivity contribution in [3.63, 3.8) is 0 Å². The third kappa shape index (κ3) is 1.94. The summed E-state index contributed by atoms with van der Waals surface area (Å²) in [6.07, 6.45) is 0. The van der Waals surface area contributed by atoms with E-state index in [1.54, 1.807) is 0 Å². The highest BCUT2D eigenvalue weighted by Gasteiger charge is 1.96. The van der Waals surface area contributed by atoms with Crippen molar-refractivity contribution in [2.24, 2.45) is 0 Å². The molecular formula is C3H7NOSi. The molecular weight excluding hydrogens is 94.1 g/mol. The number of rotatable bonds is 1. The van der Waals surface area contributed by atoms with Crippen LogP contribution in [-0.4, -0.2) is 13.8 Å². The molecule has 2 nitrogen and oxygen atoms in total. The van der Waals surface area contributed by atoms with Gasteiger partial charge < -0.3 is 4.80 Å². The fourth-order valence-electron chi connectivity index (χ4n) is 0.0913. The predicted molar refractivity (Wildman–Crippen MR) is 25.5 cm³/mol. The minimum absolute atomic E-state index is 0.663. The predicted octanol–water partition coefficient (Wildman–Crippen LogP) is -0.215. The Bertz CT molecular complexity index is 67.7. The molecule has 0 fully saturated rings. The summed E-state index contributed by atoms with van der Waals surface area (Å²) in [7, 11) is -1.85. The Labute approximate surface area is 38.8 Å². The van der Waals surface area contributed by atoms with Crippen LogP contribution < -0.4 is 0 Å². The molecule has 1 atom stereocenters. The lowest BCUT2D eigenvalue weighted by Crippen LogP contribution is -2.04. The summed E-state index contributed by atoms with van der Waals surface area (Å²) in [5, 5.41) is 7.90. The van der Waals surface area contributed by atoms with Crippen LogP contribution in [0.4, 0.5) is 0 Å². The van der Waals surface area contributed by atoms with Crippen LogP contribution in [0.3, 0.4) is 0 Å². The summed E-state index contributed by atoms with van der Waals surface area (Å²) in [4.78, 5) is 8.44. The molecule has 0 aliphatic carbocycles. The summed E-state index contributed by atoms with van der Waals surface area (Å²) in [6.45, 7) is 1.82. The Hall–Kier alpha value is -0.333. The summed E-state index contributed by atoms with van der Waals surface area (Å²) in [6, 6.07) is 0.663. The largest absolute Gasteiger partial charge is 0.422 e. The standard InChI is InChI=1S/C3H7NOSi/c1-2-6(5)3-4/h5-6H,2H2,1H3. The van der Waals surface area contributed by atoms with E-state index in [2.05, 4.69) is 0 Å². The summed E-state index contributed by atoms with van der Waals surface area (Å²) in [5.74, 6) is 0. The fraction of sp³-hybridized carbons (Fsp3) is 0.667. The van der Waals surface area contributed by atoms with E-state index in [4.69, 9.17) is 10.1 Å². The van der Waals surface area contributed by atoms with Gasteiger partial charge >= 0.3 is 0 Å². The first-order valence-electron chi connectivity index (χ1n) is 1.89. The van der Waals surface area contributed by atoms with Crippen molar-refractivity contribution in [1.29, 1.82) is 5.26 Å². The molecule has 0 bridgehead atoms. The van der Waals surface area contributed by atoms with Crippen LogP contribution in [-0.2, 0) is 0 Å². The van der Waals surface area contributed by atoms with Gasteiger partial charge in [-0.25, -0.2) is 5.26 Å². The zero-order chi connectivity index (χ0) is 4.99. The number of nitriles is 1. The Balaban J connectivity index is 3.04. The van der Waals surface area contributed by atoms with Gasteiger partial charge in [0, 0.05) is 0 Å². The quantitative estimate of drug-likeness (QED) is 0.464. The molecule has 34 valence electrons. The highest BCUT2D eigenvalue weighted by atomic mass is 28.3. The number of hydrogen-bond acceptors (Lipinski definition) is 2. The summed E-state index contributed by atoms with van der Waals surface area (Å²) < 4.78 is 0. The summed E-state index contributed by atoms with van der Waals surface area (Å²) in [5.41, 5.74) is 1.81. The molecule has 6 heavy (non-hydrogen) atoms. The molecule has 1 unspecified atom stereocenters. The molecule has 0 amide bonds. The Morgan fingerprint density at radius 3 is 2.50 bits per heavy atom. The first-order chi connectivity index (χ1) is 2.81. The second kappa shape index (κ2) is 2.88. The van der Waals surface area contributed by atoms with Crippen LogP contribution >= 0.6 is 0 Å². The molecule has 0 heterocycles. The molecule has 0 rings (SSSR count). The normalized spacial score (nSPS) is 12.8. The third-order valence-electron chi connectivity index (χ3n) is 0.536. The van der Waals surface area contributed by atoms with Gasteiger partial charge in [-0.2, -0.15) is 0 Å². The lowest BCUT2D eigenvalue weighted by Gasteiger charge is -1.83. The van der Waals surface area contributed by atoms with Gasteiger partial charge in [0.2, 0.25) is 0 Å². The molecule has 0 aromatic carbocycles. The van der Waals surface area contributed by atoms with Crippen molar-refractivity contribution in [1.82, 2.24) is 0 Å². The maximum Gasteiger partial charge on any atom is 0.287 e. The van der Waals surface area contributed by atoms with E-state index in [9.17, 15) is 0 Å². The SMILES string of the molecule is CC[SiH](O)C#N. The Morgan fingerprint density at radius 1 is 2.00 bits per heavy atom. The minimum Gasteiger partial charge on any atom is -0.422 e. The van der Waals surface area contributed by atoms with E-state index in [1.807, 2.05) is 12.6 Å². The van der Waals surface area contributed by atoms with E-state index in [0.717, 1.165) is 0 Å². The Kier molecular flexibility index (Phi) is 2.72. The molecule has 1 N–H and O–H groups in total. The average Bonchev–Trinajstić information content (AvgIpc) is 1.65. The molecule has 0 aliphatic rings. The van der Waals surface area contributed by atoms with Crippen LogP contribution in [0, 0.1) is 11.0 Å². The second-order valence-corrected chi connectivity index (χ2v) is 3.16. The van der Waals surface area contributed by atoms with Crippen molar-refractivity contribution in [2.45, 2.75) is 13.0 Å². The van der Waals surface area contributed by atoms with Crippen molar-refractivity contribution < 1.29 is 4.80 Å². The zero-order valence-electron chi connectivity index (χ0n) is 3.68. The highest BCUT2D eigenvalue weighted by Crippen LogP contribution is 1.78. The van der Waals surface area contributed by atoms with Gasteiger partial charge in [0.05, 0.1) is 5.69 Å². The highest BCUT2D eigenvalue weighted by molar-refractivity contribution is 6.58. The van der Waals surface area contributed by atoms with E-state index in [-0.39, 0.29) is 0 Å². The van der Waals surface area contributed by atoms with E-state index in [0.29, 0.717) is 6.04 Å². The molecule has 0 saturated carbocycles. The van der Waals surface area contributed by atoms with Gasteiger partial charge in [-0.05, 0) is 6.04 Å². The van der Waals surface area contributed by atoms with Crippen molar-refractivity contribution in [3.8, 4) is 5.69 Å². The maximum atomic E-state index is 8.44. The van der Waals surface area contributed by atoms with Crippen LogP contribution in [0.1, 0.15) is 6.92 Å². The molecule has 3 heteroatoms. The van der Waals surface area contributed by atoms with Gasteiger partial charge in [-0.3, -0.25) is 0 Å². The second-order valence-electron chi connectivity index (χ2n) is 1.05. The molecule has 0 saturated heterocycles. The van der Waals surface area contributed by atoms with Crippen molar-refractivity contribution in [2.75, 3.05) is 0 Å². The molecule has 0 aliphatic heterocycles. The maximum absolute atomic E-state index is 8.44. The van der Waals surface area contributed by atoms with Crippen molar-refractivity contribution in [3.05, 3.63) is 0 Å². The first kappa shape index (κ1) is 5.67. The lowest BCUT2D eigenvalue weighted by molar-refractivity contribution is 0.586. The van der Waals surface area contributed by atoms with Gasteiger partial charge in [0.1, 0.15) is 0 Å². The zero-order valence-corrected chi connectivity index (χ0v) is 4.83. The van der Waals surface area contributed by atoms with Gasteiger partial charge in [0.25, 0.3) is 9.04 Å². The smallest absolute Gasteiger partial charge is 0.287 e. The van der Waals surface area contributed by atoms with Gasteiger partial charge in [-0.1, -0.05) is 6.92 Å². The van der Waals surface area contributed by atoms with Gasteiger partial charge in [-0.15, -0.1) is 0 Å². The molecule has 0 aromatic heterocycles. The minimum atomic E-state index is -1.85. The third-order valence-corrected chi connectivity index (χ3v) is 1.61. The van der Waals surface area contributed by atoms with Crippen LogP contribution in [0.25, 0.3) is 0 Å². The monoisotopic (exact) mass is 101 g/mol. The van der Waals surface area contributed by atoms with E-state index >= 15 is 0 Å². The van der Waals surface area contributed by atoms with Gasteiger partial charge in [0.15, 0.2) is 0 Å². The lowest BCUT2D eigenvalue weighted by atomic mass is 11.0. The molecule has 0 aromatic rings. The fourth-order valence-corrected chi connectivity index (χ4v) is 0.274. The van der Waals surface area contributed by atoms with Crippen LogP contribution in [0.2, 0.25) is 6.04 Å².